The van der Waals surface area contributed by atoms with Gasteiger partial charge in [0.1, 0.15) is 5.41 Å². The monoisotopic (exact) mass is 260 g/mol. The van der Waals surface area contributed by atoms with E-state index in [2.05, 4.69) is 5.32 Å². The van der Waals surface area contributed by atoms with Crippen LogP contribution in [0.3, 0.4) is 0 Å². The maximum atomic E-state index is 12.2. The molecule has 0 aromatic rings. The Hall–Kier alpha value is -0.650. The molecule has 1 atom stereocenters. The van der Waals surface area contributed by atoms with Crippen molar-refractivity contribution in [1.29, 1.82) is 0 Å². The van der Waals surface area contributed by atoms with Gasteiger partial charge in [0.05, 0.1) is 0 Å². The van der Waals surface area contributed by atoms with Crippen molar-refractivity contribution < 1.29 is 14.4 Å². The van der Waals surface area contributed by atoms with Crippen LogP contribution in [0.15, 0.2) is 11.6 Å². The second-order valence-electron chi connectivity index (χ2n) is 4.72. The summed E-state index contributed by atoms with van der Waals surface area (Å²) >= 11 is 0. The van der Waals surface area contributed by atoms with E-state index in [-0.39, 0.29) is 29.6 Å². The molecule has 0 radical (unpaired) electrons. The van der Waals surface area contributed by atoms with Gasteiger partial charge in [-0.15, -0.1) is 0 Å². The SMILES string of the molecule is CN1C(=O)NC(=O)C(C)(C2=CCCCC2)C1=O.[NaH]. The van der Waals surface area contributed by atoms with E-state index in [0.717, 1.165) is 36.2 Å². The van der Waals surface area contributed by atoms with Gasteiger partial charge in [0.15, 0.2) is 0 Å². The molecule has 1 N–H and O–H groups in total. The average Bonchev–Trinajstić information content (AvgIpc) is 2.35. The molecule has 4 amide bonds. The van der Waals surface area contributed by atoms with Crippen molar-refractivity contribution in [2.24, 2.45) is 5.41 Å². The van der Waals surface area contributed by atoms with Crippen LogP contribution < -0.4 is 5.32 Å². The van der Waals surface area contributed by atoms with Gasteiger partial charge in [-0.05, 0) is 38.2 Å². The van der Waals surface area contributed by atoms with Crippen molar-refractivity contribution in [1.82, 2.24) is 10.2 Å². The molecule has 1 saturated heterocycles. The van der Waals surface area contributed by atoms with Gasteiger partial charge < -0.3 is 0 Å². The zero-order valence-electron chi connectivity index (χ0n) is 10.1. The number of imide groups is 2. The van der Waals surface area contributed by atoms with Gasteiger partial charge in [0, 0.05) is 7.05 Å². The number of carbonyl (C=O) groups excluding carboxylic acids is 3. The van der Waals surface area contributed by atoms with Crippen molar-refractivity contribution in [3.05, 3.63) is 11.6 Å². The van der Waals surface area contributed by atoms with Gasteiger partial charge in [-0.25, -0.2) is 4.79 Å². The summed E-state index contributed by atoms with van der Waals surface area (Å²) in [7, 11) is 1.39. The summed E-state index contributed by atoms with van der Waals surface area (Å²) in [5.41, 5.74) is -0.367. The van der Waals surface area contributed by atoms with Gasteiger partial charge in [-0.2, -0.15) is 0 Å². The molecular formula is C12H17N2NaO3. The van der Waals surface area contributed by atoms with E-state index in [9.17, 15) is 14.4 Å². The molecule has 1 unspecified atom stereocenters. The molecule has 0 bridgehead atoms. The van der Waals surface area contributed by atoms with Crippen LogP contribution in [0, 0.1) is 5.41 Å². The summed E-state index contributed by atoms with van der Waals surface area (Å²) in [5, 5.41) is 2.23. The molecule has 0 spiro atoms. The number of allylic oxidation sites excluding steroid dienone is 1. The molecule has 1 fully saturated rings. The second-order valence-corrected chi connectivity index (χ2v) is 4.72. The van der Waals surface area contributed by atoms with Crippen LogP contribution in [0.1, 0.15) is 32.6 Å². The van der Waals surface area contributed by atoms with Crippen LogP contribution >= 0.6 is 0 Å². The summed E-state index contributed by atoms with van der Waals surface area (Å²) < 4.78 is 0. The van der Waals surface area contributed by atoms with Crippen molar-refractivity contribution in [3.63, 3.8) is 0 Å². The molecule has 0 aromatic heterocycles. The fourth-order valence-electron chi connectivity index (χ4n) is 2.41. The zero-order chi connectivity index (χ0) is 12.6. The molecule has 5 nitrogen and oxygen atoms in total. The quantitative estimate of drug-likeness (QED) is 0.425. The zero-order valence-corrected chi connectivity index (χ0v) is 10.1. The average molecular weight is 260 g/mol. The number of hydrogen-bond donors (Lipinski definition) is 1. The van der Waals surface area contributed by atoms with Crippen molar-refractivity contribution in [3.8, 4) is 0 Å². The number of nitrogens with one attached hydrogen (secondary N) is 1. The Labute approximate surface area is 128 Å². The van der Waals surface area contributed by atoms with E-state index in [4.69, 9.17) is 0 Å². The Balaban J connectivity index is 0.00000162. The van der Waals surface area contributed by atoms with Crippen LogP contribution in [0.4, 0.5) is 4.79 Å². The van der Waals surface area contributed by atoms with E-state index in [0.29, 0.717) is 0 Å². The molecule has 1 aliphatic heterocycles. The fraction of sp³-hybridized carbons (Fsp3) is 0.583. The van der Waals surface area contributed by atoms with E-state index in [1.54, 1.807) is 6.92 Å². The first-order valence-corrected chi connectivity index (χ1v) is 5.81. The summed E-state index contributed by atoms with van der Waals surface area (Å²) in [6.45, 7) is 1.60. The predicted octanol–water partition coefficient (Wildman–Crippen LogP) is 0.553. The van der Waals surface area contributed by atoms with Gasteiger partial charge >= 0.3 is 35.6 Å². The normalized spacial score (nSPS) is 28.4. The first-order valence-electron chi connectivity index (χ1n) is 5.81. The summed E-state index contributed by atoms with van der Waals surface area (Å²) in [6, 6.07) is -0.645. The molecule has 2 aliphatic rings. The topological polar surface area (TPSA) is 66.5 Å². The minimum absolute atomic E-state index is 0. The molecule has 94 valence electrons. The Morgan fingerprint density at radius 2 is 1.94 bits per heavy atom. The van der Waals surface area contributed by atoms with E-state index >= 15 is 0 Å². The number of hydrogen-bond acceptors (Lipinski definition) is 3. The number of amides is 4. The first-order chi connectivity index (χ1) is 7.98. The maximum absolute atomic E-state index is 12.2. The van der Waals surface area contributed by atoms with Crippen LogP contribution in [0.2, 0.25) is 0 Å². The van der Waals surface area contributed by atoms with Crippen molar-refractivity contribution >= 4 is 47.4 Å². The number of nitrogens with zero attached hydrogens (tertiary/aromatic N) is 1. The predicted molar refractivity (Wildman–Crippen MR) is 68.1 cm³/mol. The third kappa shape index (κ3) is 2.27. The summed E-state index contributed by atoms with van der Waals surface area (Å²) in [6.07, 6.45) is 5.68. The Bertz CT molecular complexity index is 433. The van der Waals surface area contributed by atoms with Crippen LogP contribution in [0.5, 0.6) is 0 Å². The van der Waals surface area contributed by atoms with E-state index < -0.39 is 23.3 Å². The number of barbiturate groups is 1. The number of carbonyl (C=O) groups is 3. The van der Waals surface area contributed by atoms with Gasteiger partial charge in [0.25, 0.3) is 0 Å². The summed E-state index contributed by atoms with van der Waals surface area (Å²) in [5.74, 6) is -0.932. The van der Waals surface area contributed by atoms with Gasteiger partial charge in [-0.1, -0.05) is 6.08 Å². The molecule has 0 saturated carbocycles. The third-order valence-corrected chi connectivity index (χ3v) is 3.64. The van der Waals surface area contributed by atoms with E-state index in [1.807, 2.05) is 6.08 Å². The number of urea groups is 1. The Kier molecular flexibility index (Phi) is 4.75. The minimum atomic E-state index is -1.21. The van der Waals surface area contributed by atoms with Gasteiger partial charge in [-0.3, -0.25) is 19.8 Å². The first kappa shape index (κ1) is 15.4. The molecule has 6 heteroatoms. The fourth-order valence-corrected chi connectivity index (χ4v) is 2.41. The van der Waals surface area contributed by atoms with Crippen LogP contribution in [-0.4, -0.2) is 59.4 Å². The second kappa shape index (κ2) is 5.55. The van der Waals surface area contributed by atoms with Crippen molar-refractivity contribution in [2.45, 2.75) is 32.6 Å². The Morgan fingerprint density at radius 3 is 2.50 bits per heavy atom. The van der Waals surface area contributed by atoms with E-state index in [1.165, 1.54) is 7.05 Å². The standard InChI is InChI=1S/C12H16N2O3.Na.H/c1-12(8-6-4-3-5-7-8)9(15)13-11(17)14(2)10(12)16;;/h6H,3-5,7H2,1-2H3,(H,13,15,17);;. The summed E-state index contributed by atoms with van der Waals surface area (Å²) in [4.78, 5) is 36.5. The molecular weight excluding hydrogens is 243 g/mol. The number of rotatable bonds is 1. The van der Waals surface area contributed by atoms with Crippen LogP contribution in [-0.2, 0) is 9.59 Å². The van der Waals surface area contributed by atoms with Crippen LogP contribution in [0.25, 0.3) is 0 Å². The molecule has 2 rings (SSSR count). The van der Waals surface area contributed by atoms with Crippen molar-refractivity contribution in [2.75, 3.05) is 7.05 Å². The Morgan fingerprint density at radius 1 is 1.28 bits per heavy atom. The molecule has 1 heterocycles. The third-order valence-electron chi connectivity index (χ3n) is 3.64. The molecule has 1 aliphatic carbocycles. The molecule has 18 heavy (non-hydrogen) atoms. The molecule has 0 aromatic carbocycles. The van der Waals surface area contributed by atoms with Gasteiger partial charge in [0.2, 0.25) is 11.8 Å².